The molecule has 0 unspecified atom stereocenters. The van der Waals surface area contributed by atoms with Crippen LogP contribution in [-0.2, 0) is 35.9 Å². The molecule has 1 heterocycles. The molecule has 4 aromatic rings. The molecular weight excluding hydrogens is 642 g/mol. The van der Waals surface area contributed by atoms with Crippen LogP contribution in [0.4, 0.5) is 0 Å². The van der Waals surface area contributed by atoms with Gasteiger partial charge in [0, 0.05) is 5.56 Å². The summed E-state index contributed by atoms with van der Waals surface area (Å²) >= 11 is 0. The molecular formula is C42H57N3O6. The van der Waals surface area contributed by atoms with E-state index in [0.29, 0.717) is 33.4 Å². The maximum atomic E-state index is 14.4. The van der Waals surface area contributed by atoms with Crippen molar-refractivity contribution in [3.63, 3.8) is 0 Å². The molecule has 1 aromatic heterocycles. The van der Waals surface area contributed by atoms with Crippen molar-refractivity contribution >= 4 is 0 Å². The summed E-state index contributed by atoms with van der Waals surface area (Å²) in [6.45, 7) is 28.5. The van der Waals surface area contributed by atoms with E-state index < -0.39 is 17.1 Å². The van der Waals surface area contributed by atoms with E-state index >= 15 is 0 Å². The Bertz CT molecular complexity index is 2110. The van der Waals surface area contributed by atoms with E-state index in [1.807, 2.05) is 101 Å². The number of nitrogens with zero attached hydrogens (tertiary/aromatic N) is 3. The zero-order valence-electron chi connectivity index (χ0n) is 33.3. The molecule has 9 nitrogen and oxygen atoms in total. The minimum Gasteiger partial charge on any atom is -0.507 e. The third-order valence-corrected chi connectivity index (χ3v) is 10.4. The van der Waals surface area contributed by atoms with Crippen molar-refractivity contribution in [1.82, 2.24) is 13.7 Å². The number of aromatic hydroxyl groups is 3. The van der Waals surface area contributed by atoms with Crippen LogP contribution in [0.25, 0.3) is 0 Å². The Morgan fingerprint density at radius 1 is 0.471 bits per heavy atom. The Hall–Kier alpha value is -4.53. The Morgan fingerprint density at radius 2 is 0.824 bits per heavy atom. The van der Waals surface area contributed by atoms with Crippen molar-refractivity contribution in [3.8, 4) is 17.2 Å². The molecule has 276 valence electrons. The van der Waals surface area contributed by atoms with E-state index in [9.17, 15) is 29.7 Å². The lowest BCUT2D eigenvalue weighted by Gasteiger charge is -2.26. The molecule has 0 aliphatic carbocycles. The Morgan fingerprint density at radius 3 is 1.16 bits per heavy atom. The molecule has 9 heteroatoms. The SMILES string of the molecule is Cc1cc(C(C)(C)C)c(O)c(C)c1Cn1c(=O)n(Cc2cc(C)c(C(C)(C)C)c(O)c2C)c(=O)n(Cc2c(C)cc(C(C)(C)C)c(O)c2C)c1=O. The van der Waals surface area contributed by atoms with Gasteiger partial charge < -0.3 is 15.3 Å². The van der Waals surface area contributed by atoms with Crippen LogP contribution in [0, 0.1) is 41.5 Å². The van der Waals surface area contributed by atoms with Crippen LogP contribution in [-0.4, -0.2) is 29.0 Å². The number of aromatic nitrogens is 3. The smallest absolute Gasteiger partial charge is 0.336 e. The largest absolute Gasteiger partial charge is 0.507 e. The molecule has 0 aliphatic heterocycles. The number of aryl methyl sites for hydroxylation is 3. The highest BCUT2D eigenvalue weighted by molar-refractivity contribution is 5.54. The monoisotopic (exact) mass is 699 g/mol. The Labute approximate surface area is 301 Å². The molecule has 0 saturated carbocycles. The van der Waals surface area contributed by atoms with E-state index in [0.717, 1.165) is 47.1 Å². The number of hydrogen-bond acceptors (Lipinski definition) is 6. The van der Waals surface area contributed by atoms with Crippen LogP contribution in [0.3, 0.4) is 0 Å². The first-order chi connectivity index (χ1) is 23.2. The fourth-order valence-corrected chi connectivity index (χ4v) is 7.31. The molecule has 4 rings (SSSR count). The number of phenols is 3. The van der Waals surface area contributed by atoms with Crippen molar-refractivity contribution in [1.29, 1.82) is 0 Å². The molecule has 0 bridgehead atoms. The van der Waals surface area contributed by atoms with Crippen LogP contribution < -0.4 is 17.1 Å². The maximum Gasteiger partial charge on any atom is 0.336 e. The summed E-state index contributed by atoms with van der Waals surface area (Å²) in [5, 5.41) is 33.8. The average molecular weight is 700 g/mol. The van der Waals surface area contributed by atoms with Crippen LogP contribution in [0.5, 0.6) is 17.2 Å². The van der Waals surface area contributed by atoms with Gasteiger partial charge in [0.2, 0.25) is 0 Å². The lowest BCUT2D eigenvalue weighted by Crippen LogP contribution is -2.55. The highest BCUT2D eigenvalue weighted by atomic mass is 16.3. The average Bonchev–Trinajstić information content (AvgIpc) is 2.98. The minimum absolute atomic E-state index is 0.103. The van der Waals surface area contributed by atoms with Crippen molar-refractivity contribution in [2.75, 3.05) is 0 Å². The summed E-state index contributed by atoms with van der Waals surface area (Å²) in [6.07, 6.45) is 0. The minimum atomic E-state index is -0.796. The van der Waals surface area contributed by atoms with E-state index in [4.69, 9.17) is 0 Å². The summed E-state index contributed by atoms with van der Waals surface area (Å²) in [6, 6.07) is 5.65. The zero-order valence-corrected chi connectivity index (χ0v) is 33.3. The van der Waals surface area contributed by atoms with Gasteiger partial charge in [0.05, 0.1) is 19.6 Å². The van der Waals surface area contributed by atoms with Crippen LogP contribution in [0.1, 0.15) is 129 Å². The molecule has 0 fully saturated rings. The third-order valence-electron chi connectivity index (χ3n) is 10.4. The van der Waals surface area contributed by atoms with E-state index in [1.54, 1.807) is 20.8 Å². The Balaban J connectivity index is 2.04. The summed E-state index contributed by atoms with van der Waals surface area (Å²) in [7, 11) is 0. The highest BCUT2D eigenvalue weighted by Gasteiger charge is 2.28. The first-order valence-corrected chi connectivity index (χ1v) is 17.6. The van der Waals surface area contributed by atoms with Crippen molar-refractivity contribution < 1.29 is 15.3 Å². The second kappa shape index (κ2) is 13.2. The van der Waals surface area contributed by atoms with E-state index in [1.165, 1.54) is 0 Å². The fraction of sp³-hybridized carbons (Fsp3) is 0.500. The number of benzene rings is 3. The van der Waals surface area contributed by atoms with Gasteiger partial charge in [-0.25, -0.2) is 28.1 Å². The third kappa shape index (κ3) is 7.17. The van der Waals surface area contributed by atoms with Gasteiger partial charge in [0.15, 0.2) is 0 Å². The normalized spacial score (nSPS) is 12.5. The van der Waals surface area contributed by atoms with Gasteiger partial charge in [-0.1, -0.05) is 80.5 Å². The van der Waals surface area contributed by atoms with Crippen molar-refractivity contribution in [2.24, 2.45) is 0 Å². The van der Waals surface area contributed by atoms with E-state index in [-0.39, 0.29) is 53.1 Å². The molecule has 0 spiro atoms. The number of hydrogen-bond donors (Lipinski definition) is 3. The molecule has 0 aliphatic rings. The van der Waals surface area contributed by atoms with Gasteiger partial charge in [0.1, 0.15) is 17.2 Å². The van der Waals surface area contributed by atoms with Crippen molar-refractivity contribution in [2.45, 2.75) is 140 Å². The number of phenolic OH excluding ortho intramolecular Hbond substituents is 3. The molecule has 0 radical (unpaired) electrons. The van der Waals surface area contributed by atoms with Crippen LogP contribution in [0.15, 0.2) is 32.6 Å². The fourth-order valence-electron chi connectivity index (χ4n) is 7.31. The summed E-state index contributed by atoms with van der Waals surface area (Å²) in [4.78, 5) is 43.1. The predicted molar refractivity (Wildman–Crippen MR) is 205 cm³/mol. The standard InChI is InChI=1S/C42H57N3O6/c1-22-17-31(40(7,8)9)34(46)26(5)29(22)20-44-37(49)43(19-28-16-24(3)33(42(13,14)15)36(48)25(28)4)38(50)45(39(44)51)21-30-23(2)18-32(41(10,11)12)35(47)27(30)6/h16-18,46-48H,19-21H2,1-15H3. The molecule has 0 saturated heterocycles. The van der Waals surface area contributed by atoms with Gasteiger partial charge in [0.25, 0.3) is 0 Å². The second-order valence-electron chi connectivity index (χ2n) is 17.4. The summed E-state index contributed by atoms with van der Waals surface area (Å²) < 4.78 is 3.14. The first-order valence-electron chi connectivity index (χ1n) is 17.6. The molecule has 3 N–H and O–H groups in total. The number of rotatable bonds is 6. The lowest BCUT2D eigenvalue weighted by molar-refractivity contribution is 0.437. The molecule has 51 heavy (non-hydrogen) atoms. The highest BCUT2D eigenvalue weighted by Crippen LogP contribution is 2.39. The van der Waals surface area contributed by atoms with E-state index in [2.05, 4.69) is 0 Å². The van der Waals surface area contributed by atoms with Gasteiger partial charge in [-0.05, 0) is 119 Å². The van der Waals surface area contributed by atoms with Crippen LogP contribution in [0.2, 0.25) is 0 Å². The van der Waals surface area contributed by atoms with Gasteiger partial charge >= 0.3 is 17.1 Å². The van der Waals surface area contributed by atoms with Crippen molar-refractivity contribution in [3.05, 3.63) is 116 Å². The summed E-state index contributed by atoms with van der Waals surface area (Å²) in [5.41, 5.74) is 4.74. The predicted octanol–water partition coefficient (Wildman–Crippen LogP) is 7.18. The van der Waals surface area contributed by atoms with Crippen LogP contribution >= 0.6 is 0 Å². The van der Waals surface area contributed by atoms with Gasteiger partial charge in [-0.15, -0.1) is 0 Å². The molecule has 3 aromatic carbocycles. The second-order valence-corrected chi connectivity index (χ2v) is 17.4. The summed E-state index contributed by atoms with van der Waals surface area (Å²) in [5.74, 6) is 0.317. The molecule has 0 atom stereocenters. The Kier molecular flexibility index (Phi) is 10.2. The zero-order chi connectivity index (χ0) is 38.9. The quantitative estimate of drug-likeness (QED) is 0.196. The molecule has 0 amide bonds. The maximum absolute atomic E-state index is 14.4. The first kappa shape index (κ1) is 39.3. The van der Waals surface area contributed by atoms with Gasteiger partial charge in [-0.2, -0.15) is 0 Å². The lowest BCUT2D eigenvalue weighted by atomic mass is 9.81. The van der Waals surface area contributed by atoms with Gasteiger partial charge in [-0.3, -0.25) is 0 Å². The topological polar surface area (TPSA) is 127 Å².